The number of benzene rings is 2. The average Bonchev–Trinajstić information content (AvgIpc) is 2.69. The van der Waals surface area contributed by atoms with Crippen LogP contribution in [0.4, 0.5) is 5.69 Å². The Hall–Kier alpha value is -2.86. The van der Waals surface area contributed by atoms with Gasteiger partial charge in [-0.15, -0.1) is 0 Å². The molecule has 0 unspecified atom stereocenters. The minimum absolute atomic E-state index is 0.106. The van der Waals surface area contributed by atoms with Crippen LogP contribution in [0.2, 0.25) is 0 Å². The van der Waals surface area contributed by atoms with Crippen molar-refractivity contribution in [2.75, 3.05) is 32.2 Å². The van der Waals surface area contributed by atoms with Crippen LogP contribution in [0, 0.1) is 0 Å². The van der Waals surface area contributed by atoms with E-state index < -0.39 is 0 Å². The van der Waals surface area contributed by atoms with Gasteiger partial charge in [-0.1, -0.05) is 13.3 Å². The maximum Gasteiger partial charge on any atom is 0.255 e. The van der Waals surface area contributed by atoms with Crippen LogP contribution < -0.4 is 15.4 Å². The molecule has 2 amide bonds. The molecule has 0 aliphatic rings. The maximum atomic E-state index is 12.3. The molecule has 0 bridgehead atoms. The van der Waals surface area contributed by atoms with E-state index in [9.17, 15) is 9.59 Å². The Morgan fingerprint density at radius 2 is 1.52 bits per heavy atom. The molecule has 0 heterocycles. The fraction of sp³-hybridized carbons (Fsp3) is 0.333. The number of ether oxygens (including phenoxy) is 2. The number of hydrogen-bond acceptors (Lipinski definition) is 4. The van der Waals surface area contributed by atoms with Gasteiger partial charge < -0.3 is 20.1 Å². The number of carbonyl (C=O) groups excluding carboxylic acids is 2. The average molecular weight is 370 g/mol. The van der Waals surface area contributed by atoms with Crippen molar-refractivity contribution in [1.82, 2.24) is 5.32 Å². The zero-order chi connectivity index (χ0) is 19.5. The molecule has 6 nitrogen and oxygen atoms in total. The first-order chi connectivity index (χ1) is 13.1. The van der Waals surface area contributed by atoms with E-state index in [1.54, 1.807) is 55.6 Å². The van der Waals surface area contributed by atoms with Crippen molar-refractivity contribution >= 4 is 17.5 Å². The smallest absolute Gasteiger partial charge is 0.255 e. The number of unbranched alkanes of at least 4 members (excludes halogenated alkanes) is 1. The lowest BCUT2D eigenvalue weighted by Gasteiger charge is -2.09. The predicted molar refractivity (Wildman–Crippen MR) is 105 cm³/mol. The zero-order valence-corrected chi connectivity index (χ0v) is 15.8. The Morgan fingerprint density at radius 3 is 2.15 bits per heavy atom. The molecule has 144 valence electrons. The monoisotopic (exact) mass is 370 g/mol. The van der Waals surface area contributed by atoms with Gasteiger partial charge in [-0.2, -0.15) is 0 Å². The Bertz CT molecular complexity index is 727. The van der Waals surface area contributed by atoms with Crippen LogP contribution in [-0.4, -0.2) is 38.7 Å². The van der Waals surface area contributed by atoms with E-state index in [0.29, 0.717) is 42.3 Å². The van der Waals surface area contributed by atoms with Crippen LogP contribution in [0.3, 0.4) is 0 Å². The molecule has 0 radical (unpaired) electrons. The number of nitrogens with one attached hydrogen (secondary N) is 2. The standard InChI is InChI=1S/C21H26N2O4/c1-3-4-13-22-20(24)16-5-9-18(10-6-16)23-21(25)17-7-11-19(12-8-17)27-15-14-26-2/h5-12H,3-4,13-15H2,1-2H3,(H,22,24)(H,23,25). The van der Waals surface area contributed by atoms with Crippen molar-refractivity contribution in [2.45, 2.75) is 19.8 Å². The van der Waals surface area contributed by atoms with Crippen LogP contribution in [0.15, 0.2) is 48.5 Å². The molecule has 0 saturated carbocycles. The summed E-state index contributed by atoms with van der Waals surface area (Å²) in [5.41, 5.74) is 1.72. The molecule has 0 aromatic heterocycles. The highest BCUT2D eigenvalue weighted by Gasteiger charge is 2.08. The minimum atomic E-state index is -0.224. The number of rotatable bonds is 10. The molecule has 0 aliphatic heterocycles. The van der Waals surface area contributed by atoms with E-state index in [1.807, 2.05) is 0 Å². The summed E-state index contributed by atoms with van der Waals surface area (Å²) in [5, 5.41) is 5.68. The number of anilines is 1. The molecule has 0 atom stereocenters. The Kier molecular flexibility index (Phi) is 8.32. The van der Waals surface area contributed by atoms with Crippen LogP contribution in [0.1, 0.15) is 40.5 Å². The highest BCUT2D eigenvalue weighted by molar-refractivity contribution is 6.04. The van der Waals surface area contributed by atoms with Gasteiger partial charge in [-0.3, -0.25) is 9.59 Å². The summed E-state index contributed by atoms with van der Waals surface area (Å²) in [6, 6.07) is 13.7. The fourth-order valence-corrected chi connectivity index (χ4v) is 2.33. The quantitative estimate of drug-likeness (QED) is 0.628. The second-order valence-corrected chi connectivity index (χ2v) is 6.01. The summed E-state index contributed by atoms with van der Waals surface area (Å²) >= 11 is 0. The van der Waals surface area contributed by atoms with Crippen LogP contribution in [-0.2, 0) is 4.74 Å². The summed E-state index contributed by atoms with van der Waals surface area (Å²) < 4.78 is 10.4. The summed E-state index contributed by atoms with van der Waals surface area (Å²) in [6.07, 6.45) is 1.99. The van der Waals surface area contributed by atoms with Crippen molar-refractivity contribution in [2.24, 2.45) is 0 Å². The first-order valence-corrected chi connectivity index (χ1v) is 9.05. The molecular formula is C21H26N2O4. The highest BCUT2D eigenvalue weighted by Crippen LogP contribution is 2.15. The van der Waals surface area contributed by atoms with Gasteiger partial charge in [0.1, 0.15) is 12.4 Å². The lowest BCUT2D eigenvalue weighted by molar-refractivity contribution is 0.0952. The van der Waals surface area contributed by atoms with Crippen molar-refractivity contribution < 1.29 is 19.1 Å². The minimum Gasteiger partial charge on any atom is -0.491 e. The molecule has 0 aliphatic carbocycles. The lowest BCUT2D eigenvalue weighted by Crippen LogP contribution is -2.24. The molecule has 0 saturated heterocycles. The summed E-state index contributed by atoms with van der Waals surface area (Å²) in [5.74, 6) is 0.353. The molecule has 27 heavy (non-hydrogen) atoms. The third-order valence-corrected chi connectivity index (χ3v) is 3.89. The molecule has 2 N–H and O–H groups in total. The van der Waals surface area contributed by atoms with Crippen molar-refractivity contribution in [3.05, 3.63) is 59.7 Å². The van der Waals surface area contributed by atoms with Crippen LogP contribution in [0.5, 0.6) is 5.75 Å². The highest BCUT2D eigenvalue weighted by atomic mass is 16.5. The van der Waals surface area contributed by atoms with E-state index >= 15 is 0 Å². The molecule has 2 rings (SSSR count). The van der Waals surface area contributed by atoms with Crippen LogP contribution in [0.25, 0.3) is 0 Å². The Morgan fingerprint density at radius 1 is 0.889 bits per heavy atom. The summed E-state index contributed by atoms with van der Waals surface area (Å²) in [6.45, 7) is 3.71. The molecule has 0 spiro atoms. The topological polar surface area (TPSA) is 76.7 Å². The first kappa shape index (κ1) is 20.5. The summed E-state index contributed by atoms with van der Waals surface area (Å²) in [7, 11) is 1.61. The van der Waals surface area contributed by atoms with Gasteiger partial charge in [0.15, 0.2) is 0 Å². The lowest BCUT2D eigenvalue weighted by atomic mass is 10.1. The number of carbonyl (C=O) groups is 2. The van der Waals surface area contributed by atoms with Gasteiger partial charge in [0.05, 0.1) is 6.61 Å². The second-order valence-electron chi connectivity index (χ2n) is 6.01. The van der Waals surface area contributed by atoms with Gasteiger partial charge in [0.2, 0.25) is 0 Å². The first-order valence-electron chi connectivity index (χ1n) is 9.05. The Balaban J connectivity index is 1.88. The molecular weight excluding hydrogens is 344 g/mol. The number of methoxy groups -OCH3 is 1. The van der Waals surface area contributed by atoms with Gasteiger partial charge in [0, 0.05) is 30.5 Å². The van der Waals surface area contributed by atoms with Crippen molar-refractivity contribution in [3.63, 3.8) is 0 Å². The van der Waals surface area contributed by atoms with Gasteiger partial charge >= 0.3 is 0 Å². The van der Waals surface area contributed by atoms with Crippen LogP contribution >= 0.6 is 0 Å². The maximum absolute atomic E-state index is 12.3. The largest absolute Gasteiger partial charge is 0.491 e. The fourth-order valence-electron chi connectivity index (χ4n) is 2.33. The zero-order valence-electron chi connectivity index (χ0n) is 15.8. The van der Waals surface area contributed by atoms with Crippen molar-refractivity contribution in [3.8, 4) is 5.75 Å². The molecule has 2 aromatic rings. The van der Waals surface area contributed by atoms with Crippen molar-refractivity contribution in [1.29, 1.82) is 0 Å². The molecule has 0 fully saturated rings. The number of hydrogen-bond donors (Lipinski definition) is 2. The SMILES string of the molecule is CCCCNC(=O)c1ccc(NC(=O)c2ccc(OCCOC)cc2)cc1. The summed E-state index contributed by atoms with van der Waals surface area (Å²) in [4.78, 5) is 24.3. The van der Waals surface area contributed by atoms with Gasteiger partial charge in [0.25, 0.3) is 11.8 Å². The van der Waals surface area contributed by atoms with E-state index in [1.165, 1.54) is 0 Å². The third kappa shape index (κ3) is 6.75. The predicted octanol–water partition coefficient (Wildman–Crippen LogP) is 3.49. The Labute approximate surface area is 159 Å². The normalized spacial score (nSPS) is 10.3. The molecule has 2 aromatic carbocycles. The van der Waals surface area contributed by atoms with Gasteiger partial charge in [-0.05, 0) is 55.0 Å². The molecule has 6 heteroatoms. The van der Waals surface area contributed by atoms with E-state index in [0.717, 1.165) is 12.8 Å². The van der Waals surface area contributed by atoms with E-state index in [4.69, 9.17) is 9.47 Å². The second kappa shape index (κ2) is 11.0. The van der Waals surface area contributed by atoms with E-state index in [2.05, 4.69) is 17.6 Å². The number of amides is 2. The third-order valence-electron chi connectivity index (χ3n) is 3.89. The van der Waals surface area contributed by atoms with Gasteiger partial charge in [-0.25, -0.2) is 0 Å². The van der Waals surface area contributed by atoms with E-state index in [-0.39, 0.29) is 11.8 Å².